The summed E-state index contributed by atoms with van der Waals surface area (Å²) in [6.45, 7) is 0.574. The standard InChI is InChI=1S/C20H17FN2O3/c1-25-18-10-15(5-6-17(18)19-11-22-12-26-19)23-8-7-16(20(23)24)13-3-2-4-14(21)9-13/h2-6,9-12,16H,7-8H2,1H3/t16-/m0/s1. The Bertz CT molecular complexity index is 940. The van der Waals surface area contributed by atoms with Crippen molar-refractivity contribution in [2.24, 2.45) is 0 Å². The van der Waals surface area contributed by atoms with Gasteiger partial charge in [0.15, 0.2) is 12.2 Å². The number of nitrogens with zero attached hydrogens (tertiary/aromatic N) is 2. The maximum atomic E-state index is 13.5. The van der Waals surface area contributed by atoms with Crippen LogP contribution in [0.4, 0.5) is 10.1 Å². The first-order valence-electron chi connectivity index (χ1n) is 8.31. The second-order valence-corrected chi connectivity index (χ2v) is 6.14. The second kappa shape index (κ2) is 6.63. The van der Waals surface area contributed by atoms with Crippen LogP contribution in [0.3, 0.4) is 0 Å². The highest BCUT2D eigenvalue weighted by molar-refractivity contribution is 6.00. The molecule has 0 bridgehead atoms. The van der Waals surface area contributed by atoms with Gasteiger partial charge in [-0.2, -0.15) is 0 Å². The van der Waals surface area contributed by atoms with Crippen molar-refractivity contribution < 1.29 is 18.3 Å². The van der Waals surface area contributed by atoms with Crippen molar-refractivity contribution in [3.05, 3.63) is 66.4 Å². The van der Waals surface area contributed by atoms with Gasteiger partial charge in [-0.1, -0.05) is 12.1 Å². The van der Waals surface area contributed by atoms with Gasteiger partial charge in [-0.05, 0) is 36.2 Å². The van der Waals surface area contributed by atoms with E-state index in [1.54, 1.807) is 30.3 Å². The summed E-state index contributed by atoms with van der Waals surface area (Å²) >= 11 is 0. The number of benzene rings is 2. The third kappa shape index (κ3) is 2.83. The zero-order valence-corrected chi connectivity index (χ0v) is 14.2. The van der Waals surface area contributed by atoms with Gasteiger partial charge >= 0.3 is 0 Å². The molecule has 0 spiro atoms. The summed E-state index contributed by atoms with van der Waals surface area (Å²) in [7, 11) is 1.57. The van der Waals surface area contributed by atoms with Crippen LogP contribution in [0.2, 0.25) is 0 Å². The number of amides is 1. The van der Waals surface area contributed by atoms with Crippen LogP contribution in [0, 0.1) is 5.82 Å². The van der Waals surface area contributed by atoms with Crippen molar-refractivity contribution in [2.75, 3.05) is 18.6 Å². The molecule has 1 aliphatic heterocycles. The lowest BCUT2D eigenvalue weighted by Gasteiger charge is -2.19. The number of anilines is 1. The van der Waals surface area contributed by atoms with E-state index in [1.165, 1.54) is 18.5 Å². The molecule has 0 aliphatic carbocycles. The Balaban J connectivity index is 1.63. The molecule has 1 saturated heterocycles. The van der Waals surface area contributed by atoms with Crippen molar-refractivity contribution in [3.8, 4) is 17.1 Å². The SMILES string of the molecule is COc1cc(N2CC[C@@H](c3cccc(F)c3)C2=O)ccc1-c1cnco1. The lowest BCUT2D eigenvalue weighted by atomic mass is 9.98. The number of ether oxygens (including phenoxy) is 1. The number of hydrogen-bond donors (Lipinski definition) is 0. The minimum Gasteiger partial charge on any atom is -0.496 e. The van der Waals surface area contributed by atoms with Crippen LogP contribution in [0.25, 0.3) is 11.3 Å². The van der Waals surface area contributed by atoms with Gasteiger partial charge in [-0.25, -0.2) is 9.37 Å². The van der Waals surface area contributed by atoms with Gasteiger partial charge in [0, 0.05) is 18.3 Å². The summed E-state index contributed by atoms with van der Waals surface area (Å²) in [5, 5.41) is 0. The molecular weight excluding hydrogens is 335 g/mol. The molecule has 5 nitrogen and oxygen atoms in total. The third-order valence-corrected chi connectivity index (χ3v) is 4.65. The molecule has 1 atom stereocenters. The normalized spacial score (nSPS) is 16.9. The molecule has 132 valence electrons. The van der Waals surface area contributed by atoms with Gasteiger partial charge in [0.05, 0.1) is 24.8 Å². The minimum absolute atomic E-state index is 0.0370. The number of rotatable bonds is 4. The van der Waals surface area contributed by atoms with Crippen LogP contribution in [0.5, 0.6) is 5.75 Å². The summed E-state index contributed by atoms with van der Waals surface area (Å²) < 4.78 is 24.3. The number of oxazole rings is 1. The van der Waals surface area contributed by atoms with Crippen molar-refractivity contribution in [3.63, 3.8) is 0 Å². The molecule has 0 unspecified atom stereocenters. The first-order valence-corrected chi connectivity index (χ1v) is 8.31. The Labute approximate surface area is 150 Å². The van der Waals surface area contributed by atoms with Gasteiger partial charge in [-0.3, -0.25) is 4.79 Å². The van der Waals surface area contributed by atoms with E-state index in [-0.39, 0.29) is 17.6 Å². The summed E-state index contributed by atoms with van der Waals surface area (Å²) in [5.41, 5.74) is 2.22. The van der Waals surface area contributed by atoms with Gasteiger partial charge in [-0.15, -0.1) is 0 Å². The van der Waals surface area contributed by atoms with Gasteiger partial charge in [0.25, 0.3) is 0 Å². The van der Waals surface area contributed by atoms with Crippen molar-refractivity contribution >= 4 is 11.6 Å². The highest BCUT2D eigenvalue weighted by Gasteiger charge is 2.34. The van der Waals surface area contributed by atoms with Crippen LogP contribution in [-0.4, -0.2) is 24.5 Å². The maximum absolute atomic E-state index is 13.5. The average Bonchev–Trinajstić information content (AvgIpc) is 3.31. The van der Waals surface area contributed by atoms with Crippen LogP contribution in [0.15, 0.2) is 59.5 Å². The summed E-state index contributed by atoms with van der Waals surface area (Å²) in [5.74, 6) is 0.502. The third-order valence-electron chi connectivity index (χ3n) is 4.65. The van der Waals surface area contributed by atoms with Crippen LogP contribution in [0.1, 0.15) is 17.9 Å². The zero-order chi connectivity index (χ0) is 18.1. The van der Waals surface area contributed by atoms with E-state index in [0.717, 1.165) is 11.3 Å². The number of hydrogen-bond acceptors (Lipinski definition) is 4. The molecule has 6 heteroatoms. The Morgan fingerprint density at radius 3 is 2.88 bits per heavy atom. The molecule has 2 aromatic carbocycles. The van der Waals surface area contributed by atoms with Crippen LogP contribution < -0.4 is 9.64 Å². The molecule has 0 saturated carbocycles. The maximum Gasteiger partial charge on any atom is 0.234 e. The molecule has 1 aliphatic rings. The van der Waals surface area contributed by atoms with E-state index in [9.17, 15) is 9.18 Å². The molecule has 0 N–H and O–H groups in total. The molecule has 1 aromatic heterocycles. The topological polar surface area (TPSA) is 55.6 Å². The Morgan fingerprint density at radius 1 is 1.27 bits per heavy atom. The van der Waals surface area contributed by atoms with E-state index in [4.69, 9.17) is 9.15 Å². The van der Waals surface area contributed by atoms with Crippen molar-refractivity contribution in [2.45, 2.75) is 12.3 Å². The van der Waals surface area contributed by atoms with Gasteiger partial charge in [0.2, 0.25) is 5.91 Å². The fourth-order valence-electron chi connectivity index (χ4n) is 3.37. The van der Waals surface area contributed by atoms with Gasteiger partial charge < -0.3 is 14.1 Å². The second-order valence-electron chi connectivity index (χ2n) is 6.14. The fraction of sp³-hybridized carbons (Fsp3) is 0.200. The lowest BCUT2D eigenvalue weighted by Crippen LogP contribution is -2.26. The number of methoxy groups -OCH3 is 1. The number of carbonyl (C=O) groups is 1. The average molecular weight is 352 g/mol. The molecule has 0 radical (unpaired) electrons. The van der Waals surface area contributed by atoms with Crippen LogP contribution >= 0.6 is 0 Å². The largest absolute Gasteiger partial charge is 0.496 e. The number of aromatic nitrogens is 1. The van der Waals surface area contributed by atoms with Crippen molar-refractivity contribution in [1.29, 1.82) is 0 Å². The summed E-state index contributed by atoms with van der Waals surface area (Å²) in [6.07, 6.45) is 3.61. The lowest BCUT2D eigenvalue weighted by molar-refractivity contribution is -0.118. The fourth-order valence-corrected chi connectivity index (χ4v) is 3.37. The first kappa shape index (κ1) is 16.3. The first-order chi connectivity index (χ1) is 12.7. The highest BCUT2D eigenvalue weighted by atomic mass is 19.1. The highest BCUT2D eigenvalue weighted by Crippen LogP contribution is 2.37. The molecule has 4 rings (SSSR count). The van der Waals surface area contributed by atoms with E-state index < -0.39 is 0 Å². The molecule has 26 heavy (non-hydrogen) atoms. The zero-order valence-electron chi connectivity index (χ0n) is 14.2. The predicted octanol–water partition coefficient (Wildman–Crippen LogP) is 4.01. The molecule has 1 fully saturated rings. The smallest absolute Gasteiger partial charge is 0.234 e. The molecular formula is C20H17FN2O3. The summed E-state index contributed by atoms with van der Waals surface area (Å²) in [6, 6.07) is 11.7. The Hall–Kier alpha value is -3.15. The van der Waals surface area contributed by atoms with E-state index in [1.807, 2.05) is 18.2 Å². The molecule has 1 amide bonds. The Kier molecular flexibility index (Phi) is 4.16. The molecule has 2 heterocycles. The number of halogens is 1. The quantitative estimate of drug-likeness (QED) is 0.712. The minimum atomic E-state index is -0.328. The van der Waals surface area contributed by atoms with Gasteiger partial charge in [0.1, 0.15) is 11.6 Å². The summed E-state index contributed by atoms with van der Waals surface area (Å²) in [4.78, 5) is 18.5. The van der Waals surface area contributed by atoms with E-state index in [2.05, 4.69) is 4.98 Å². The predicted molar refractivity (Wildman–Crippen MR) is 94.6 cm³/mol. The number of carbonyl (C=O) groups excluding carboxylic acids is 1. The van der Waals surface area contributed by atoms with Crippen molar-refractivity contribution in [1.82, 2.24) is 4.98 Å². The monoisotopic (exact) mass is 352 g/mol. The molecule has 3 aromatic rings. The van der Waals surface area contributed by atoms with E-state index in [0.29, 0.717) is 30.0 Å². The Morgan fingerprint density at radius 2 is 2.15 bits per heavy atom. The van der Waals surface area contributed by atoms with E-state index >= 15 is 0 Å². The van der Waals surface area contributed by atoms with Crippen LogP contribution in [-0.2, 0) is 4.79 Å².